The van der Waals surface area contributed by atoms with Crippen LogP contribution in [0.3, 0.4) is 0 Å². The summed E-state index contributed by atoms with van der Waals surface area (Å²) in [6.07, 6.45) is 0.184. The summed E-state index contributed by atoms with van der Waals surface area (Å²) in [6, 6.07) is 45.8. The van der Waals surface area contributed by atoms with Crippen molar-refractivity contribution in [3.63, 3.8) is 0 Å². The van der Waals surface area contributed by atoms with Gasteiger partial charge in [0.05, 0.1) is 6.61 Å². The molecule has 0 radical (unpaired) electrons. The number of aliphatic imine (C=N–C) groups is 1. The fourth-order valence-corrected chi connectivity index (χ4v) is 6.41. The van der Waals surface area contributed by atoms with Gasteiger partial charge in [0.15, 0.2) is 11.6 Å². The summed E-state index contributed by atoms with van der Waals surface area (Å²) < 4.78 is 13.3. The molecule has 2 N–H and O–H groups in total. The smallest absolute Gasteiger partial charge is 0.252 e. The number of nitrogens with one attached hydrogen (secondary N) is 1. The SMILES string of the molecule is O=C(NCC(c1ccccc1)c1ccccc1)[C@]1(Cc2ccccc2Br)N=C(c2ccc(OCCCO)cc2)O[C@@H]1c1ccccc1. The lowest BCUT2D eigenvalue weighted by molar-refractivity contribution is -0.129. The number of hydrogen-bond donors (Lipinski definition) is 2. The second-order valence-electron chi connectivity index (χ2n) is 11.6. The quantitative estimate of drug-likeness (QED) is 0.125. The zero-order valence-corrected chi connectivity index (χ0v) is 27.6. The Balaban J connectivity index is 1.40. The Morgan fingerprint density at radius 2 is 1.43 bits per heavy atom. The average Bonchev–Trinajstić information content (AvgIpc) is 3.51. The van der Waals surface area contributed by atoms with E-state index in [1.165, 1.54) is 0 Å². The van der Waals surface area contributed by atoms with Gasteiger partial charge in [0, 0.05) is 41.9 Å². The third-order valence-corrected chi connectivity index (χ3v) is 9.19. The van der Waals surface area contributed by atoms with E-state index in [4.69, 9.17) is 19.6 Å². The van der Waals surface area contributed by atoms with Crippen molar-refractivity contribution >= 4 is 27.7 Å². The number of amides is 1. The topological polar surface area (TPSA) is 80.2 Å². The average molecular weight is 690 g/mol. The highest BCUT2D eigenvalue weighted by molar-refractivity contribution is 9.10. The Hall–Kier alpha value is -4.72. The number of hydrogen-bond acceptors (Lipinski definition) is 5. The van der Waals surface area contributed by atoms with Crippen molar-refractivity contribution in [2.45, 2.75) is 30.4 Å². The molecule has 6 nitrogen and oxygen atoms in total. The van der Waals surface area contributed by atoms with Gasteiger partial charge < -0.3 is 19.9 Å². The molecule has 5 aromatic rings. The van der Waals surface area contributed by atoms with Crippen LogP contribution in [0.25, 0.3) is 0 Å². The van der Waals surface area contributed by atoms with Crippen LogP contribution >= 0.6 is 15.9 Å². The van der Waals surface area contributed by atoms with E-state index >= 15 is 0 Å². The van der Waals surface area contributed by atoms with Crippen molar-refractivity contribution < 1.29 is 19.4 Å². The number of ether oxygens (including phenoxy) is 2. The van der Waals surface area contributed by atoms with E-state index in [9.17, 15) is 4.79 Å². The van der Waals surface area contributed by atoms with Crippen LogP contribution in [0.5, 0.6) is 5.75 Å². The van der Waals surface area contributed by atoms with Gasteiger partial charge in [-0.1, -0.05) is 125 Å². The Morgan fingerprint density at radius 1 is 0.830 bits per heavy atom. The number of halogens is 1. The van der Waals surface area contributed by atoms with E-state index in [0.717, 1.165) is 32.3 Å². The minimum absolute atomic E-state index is 0.0545. The Labute approximate surface area is 284 Å². The highest BCUT2D eigenvalue weighted by Crippen LogP contribution is 2.43. The molecule has 1 amide bonds. The summed E-state index contributed by atoms with van der Waals surface area (Å²) in [5.74, 6) is 0.815. The van der Waals surface area contributed by atoms with Crippen molar-refractivity contribution in [3.8, 4) is 5.75 Å². The van der Waals surface area contributed by atoms with Gasteiger partial charge in [0.25, 0.3) is 5.91 Å². The third kappa shape index (κ3) is 7.48. The van der Waals surface area contributed by atoms with Gasteiger partial charge in [-0.2, -0.15) is 0 Å². The highest BCUT2D eigenvalue weighted by Gasteiger charge is 2.53. The molecule has 1 heterocycles. The van der Waals surface area contributed by atoms with Gasteiger partial charge in [-0.15, -0.1) is 0 Å². The van der Waals surface area contributed by atoms with Crippen molar-refractivity contribution in [3.05, 3.63) is 172 Å². The Kier molecular flexibility index (Phi) is 10.5. The number of rotatable bonds is 13. The maximum atomic E-state index is 14.9. The maximum Gasteiger partial charge on any atom is 0.252 e. The van der Waals surface area contributed by atoms with E-state index in [1.807, 2.05) is 115 Å². The Morgan fingerprint density at radius 3 is 2.04 bits per heavy atom. The molecule has 47 heavy (non-hydrogen) atoms. The number of carbonyl (C=O) groups is 1. The van der Waals surface area contributed by atoms with Crippen molar-refractivity contribution in [2.24, 2.45) is 4.99 Å². The maximum absolute atomic E-state index is 14.9. The Bertz CT molecular complexity index is 1740. The van der Waals surface area contributed by atoms with Crippen LogP contribution < -0.4 is 10.1 Å². The normalized spacial score (nSPS) is 17.2. The van der Waals surface area contributed by atoms with Gasteiger partial charge in [-0.25, -0.2) is 4.99 Å². The minimum atomic E-state index is -1.31. The van der Waals surface area contributed by atoms with Crippen LogP contribution in [0.2, 0.25) is 0 Å². The number of benzene rings is 5. The van der Waals surface area contributed by atoms with E-state index in [1.54, 1.807) is 0 Å². The summed E-state index contributed by atoms with van der Waals surface area (Å²) in [4.78, 5) is 20.1. The molecule has 1 aliphatic heterocycles. The monoisotopic (exact) mass is 688 g/mol. The third-order valence-electron chi connectivity index (χ3n) is 8.42. The van der Waals surface area contributed by atoms with Gasteiger partial charge in [-0.3, -0.25) is 4.79 Å². The molecule has 6 rings (SSSR count). The first-order valence-electron chi connectivity index (χ1n) is 15.8. The zero-order chi connectivity index (χ0) is 32.5. The van der Waals surface area contributed by atoms with Gasteiger partial charge in [0.2, 0.25) is 5.90 Å². The lowest BCUT2D eigenvalue weighted by atomic mass is 9.81. The molecule has 2 atom stereocenters. The fourth-order valence-electron chi connectivity index (χ4n) is 5.99. The molecule has 0 aromatic heterocycles. The van der Waals surface area contributed by atoms with Gasteiger partial charge >= 0.3 is 0 Å². The van der Waals surface area contributed by atoms with Crippen LogP contribution in [0.15, 0.2) is 149 Å². The van der Waals surface area contributed by atoms with Crippen LogP contribution in [0, 0.1) is 0 Å². The predicted octanol–water partition coefficient (Wildman–Crippen LogP) is 7.66. The van der Waals surface area contributed by atoms with E-state index < -0.39 is 11.6 Å². The standard InChI is InChI=1S/C40H37BrN2O4/c41-36-20-11-10-19-33(36)27-40(39(45)42-28-35(29-13-4-1-5-14-29)30-15-6-2-7-16-30)37(31-17-8-3-9-18-31)47-38(43-40)32-21-23-34(24-22-32)46-26-12-25-44/h1-11,13-24,35,37,44H,12,25-28H2,(H,42,45)/t37-,40-/m1/s1. The minimum Gasteiger partial charge on any atom is -0.494 e. The molecule has 0 bridgehead atoms. The number of aliphatic hydroxyl groups is 1. The molecule has 1 aliphatic rings. The lowest BCUT2D eigenvalue weighted by Gasteiger charge is -2.32. The fraction of sp³-hybridized carbons (Fsp3) is 0.200. The van der Waals surface area contributed by atoms with Crippen LogP contribution in [0.1, 0.15) is 46.3 Å². The van der Waals surface area contributed by atoms with E-state index in [2.05, 4.69) is 45.5 Å². The zero-order valence-electron chi connectivity index (χ0n) is 26.0. The summed E-state index contributed by atoms with van der Waals surface area (Å²) in [6.45, 7) is 0.880. The predicted molar refractivity (Wildman–Crippen MR) is 189 cm³/mol. The molecule has 7 heteroatoms. The molecule has 0 saturated carbocycles. The molecule has 5 aromatic carbocycles. The van der Waals surface area contributed by atoms with E-state index in [-0.39, 0.29) is 18.4 Å². The largest absolute Gasteiger partial charge is 0.494 e. The summed E-state index contributed by atoms with van der Waals surface area (Å²) in [7, 11) is 0. The molecular formula is C40H37BrN2O4. The van der Waals surface area contributed by atoms with Gasteiger partial charge in [-0.05, 0) is 52.6 Å². The molecule has 0 saturated heterocycles. The number of aliphatic hydroxyl groups excluding tert-OH is 1. The molecule has 0 aliphatic carbocycles. The summed E-state index contributed by atoms with van der Waals surface area (Å²) in [5.41, 5.74) is 3.48. The lowest BCUT2D eigenvalue weighted by Crippen LogP contribution is -2.50. The first-order valence-corrected chi connectivity index (χ1v) is 16.6. The van der Waals surface area contributed by atoms with Crippen molar-refractivity contribution in [1.82, 2.24) is 5.32 Å². The molecular weight excluding hydrogens is 652 g/mol. The molecule has 0 spiro atoms. The molecule has 0 fully saturated rings. The first kappa shape index (κ1) is 32.2. The van der Waals surface area contributed by atoms with Crippen LogP contribution in [0.4, 0.5) is 0 Å². The first-order chi connectivity index (χ1) is 23.1. The van der Waals surface area contributed by atoms with Crippen molar-refractivity contribution in [1.29, 1.82) is 0 Å². The number of nitrogens with zero attached hydrogens (tertiary/aromatic N) is 1. The second-order valence-corrected chi connectivity index (χ2v) is 12.4. The summed E-state index contributed by atoms with van der Waals surface area (Å²) >= 11 is 3.72. The summed E-state index contributed by atoms with van der Waals surface area (Å²) in [5, 5.41) is 12.4. The second kappa shape index (κ2) is 15.2. The van der Waals surface area contributed by atoms with E-state index in [0.29, 0.717) is 37.6 Å². The van der Waals surface area contributed by atoms with Crippen molar-refractivity contribution in [2.75, 3.05) is 19.8 Å². The van der Waals surface area contributed by atoms with Crippen LogP contribution in [-0.4, -0.2) is 42.2 Å². The molecule has 238 valence electrons. The van der Waals surface area contributed by atoms with Gasteiger partial charge in [0.1, 0.15) is 5.75 Å². The highest BCUT2D eigenvalue weighted by atomic mass is 79.9. The van der Waals surface area contributed by atoms with Crippen LogP contribution in [-0.2, 0) is 16.0 Å². The number of carbonyl (C=O) groups excluding carboxylic acids is 1. The molecule has 0 unspecified atom stereocenters.